The standard InChI is InChI=1S/C14H17N3/c1-4-15-12-8-9-16-14(17-12)13-10(2)6-5-7-11(13)3/h5-9H,4H2,1-3H3,(H,15,16,17). The molecule has 0 aliphatic heterocycles. The van der Waals surface area contributed by atoms with Gasteiger partial charge in [-0.3, -0.25) is 0 Å². The number of rotatable bonds is 3. The van der Waals surface area contributed by atoms with Gasteiger partial charge in [-0.05, 0) is 38.0 Å². The summed E-state index contributed by atoms with van der Waals surface area (Å²) in [7, 11) is 0. The van der Waals surface area contributed by atoms with Crippen LogP contribution >= 0.6 is 0 Å². The summed E-state index contributed by atoms with van der Waals surface area (Å²) >= 11 is 0. The van der Waals surface area contributed by atoms with E-state index in [9.17, 15) is 0 Å². The summed E-state index contributed by atoms with van der Waals surface area (Å²) in [5.74, 6) is 1.67. The fourth-order valence-corrected chi connectivity index (χ4v) is 1.93. The maximum Gasteiger partial charge on any atom is 0.162 e. The lowest BCUT2D eigenvalue weighted by molar-refractivity contribution is 1.11. The van der Waals surface area contributed by atoms with Gasteiger partial charge in [0.05, 0.1) is 0 Å². The summed E-state index contributed by atoms with van der Waals surface area (Å²) in [5, 5.41) is 3.21. The van der Waals surface area contributed by atoms with E-state index in [-0.39, 0.29) is 0 Å². The van der Waals surface area contributed by atoms with Crippen molar-refractivity contribution < 1.29 is 0 Å². The summed E-state index contributed by atoms with van der Waals surface area (Å²) in [6, 6.07) is 8.13. The molecular formula is C14H17N3. The van der Waals surface area contributed by atoms with Crippen LogP contribution in [0.1, 0.15) is 18.1 Å². The molecule has 2 aromatic rings. The smallest absolute Gasteiger partial charge is 0.162 e. The molecule has 17 heavy (non-hydrogen) atoms. The van der Waals surface area contributed by atoms with E-state index >= 15 is 0 Å². The van der Waals surface area contributed by atoms with Crippen LogP contribution in [0, 0.1) is 13.8 Å². The molecule has 1 heterocycles. The van der Waals surface area contributed by atoms with E-state index in [2.05, 4.69) is 54.3 Å². The second-order valence-electron chi connectivity index (χ2n) is 4.06. The molecule has 0 fully saturated rings. The number of anilines is 1. The second kappa shape index (κ2) is 4.95. The van der Waals surface area contributed by atoms with Crippen molar-refractivity contribution in [2.75, 3.05) is 11.9 Å². The Morgan fingerprint density at radius 2 is 1.82 bits per heavy atom. The third kappa shape index (κ3) is 2.44. The van der Waals surface area contributed by atoms with E-state index in [0.717, 1.165) is 23.8 Å². The number of hydrogen-bond donors (Lipinski definition) is 1. The van der Waals surface area contributed by atoms with Crippen molar-refractivity contribution in [1.82, 2.24) is 9.97 Å². The monoisotopic (exact) mass is 227 g/mol. The summed E-state index contributed by atoms with van der Waals surface area (Å²) in [4.78, 5) is 8.89. The van der Waals surface area contributed by atoms with E-state index in [1.165, 1.54) is 11.1 Å². The Hall–Kier alpha value is -1.90. The SMILES string of the molecule is CCNc1ccnc(-c2c(C)cccc2C)n1. The summed E-state index contributed by atoms with van der Waals surface area (Å²) in [6.45, 7) is 7.10. The first-order chi connectivity index (χ1) is 8.22. The van der Waals surface area contributed by atoms with Crippen LogP contribution < -0.4 is 5.32 Å². The minimum atomic E-state index is 0.791. The number of nitrogens with one attached hydrogen (secondary N) is 1. The molecule has 0 unspecified atom stereocenters. The van der Waals surface area contributed by atoms with Crippen molar-refractivity contribution in [3.63, 3.8) is 0 Å². The maximum atomic E-state index is 4.53. The van der Waals surface area contributed by atoms with Gasteiger partial charge in [-0.1, -0.05) is 18.2 Å². The Balaban J connectivity index is 2.49. The molecule has 3 nitrogen and oxygen atoms in total. The highest BCUT2D eigenvalue weighted by atomic mass is 15.0. The van der Waals surface area contributed by atoms with Gasteiger partial charge in [-0.15, -0.1) is 0 Å². The first-order valence-electron chi connectivity index (χ1n) is 5.86. The van der Waals surface area contributed by atoms with E-state index in [1.807, 2.05) is 6.07 Å². The predicted molar refractivity (Wildman–Crippen MR) is 71.1 cm³/mol. The Kier molecular flexibility index (Phi) is 3.38. The molecule has 1 aromatic heterocycles. The van der Waals surface area contributed by atoms with Crippen molar-refractivity contribution in [2.24, 2.45) is 0 Å². The van der Waals surface area contributed by atoms with Crippen molar-refractivity contribution in [2.45, 2.75) is 20.8 Å². The average molecular weight is 227 g/mol. The minimum Gasteiger partial charge on any atom is -0.370 e. The molecule has 1 N–H and O–H groups in total. The second-order valence-corrected chi connectivity index (χ2v) is 4.06. The van der Waals surface area contributed by atoms with Gasteiger partial charge in [-0.25, -0.2) is 9.97 Å². The van der Waals surface area contributed by atoms with Crippen LogP contribution in [0.4, 0.5) is 5.82 Å². The molecule has 0 aliphatic carbocycles. The zero-order valence-electron chi connectivity index (χ0n) is 10.5. The van der Waals surface area contributed by atoms with E-state index in [4.69, 9.17) is 0 Å². The van der Waals surface area contributed by atoms with Gasteiger partial charge >= 0.3 is 0 Å². The summed E-state index contributed by atoms with van der Waals surface area (Å²) < 4.78 is 0. The van der Waals surface area contributed by atoms with Gasteiger partial charge in [0.15, 0.2) is 5.82 Å². The lowest BCUT2D eigenvalue weighted by Gasteiger charge is -2.09. The highest BCUT2D eigenvalue weighted by Gasteiger charge is 2.08. The molecule has 0 amide bonds. The lowest BCUT2D eigenvalue weighted by Crippen LogP contribution is -2.02. The molecule has 0 radical (unpaired) electrons. The average Bonchev–Trinajstić information content (AvgIpc) is 2.30. The molecule has 0 aliphatic rings. The van der Waals surface area contributed by atoms with Crippen LogP contribution in [0.15, 0.2) is 30.5 Å². The third-order valence-corrected chi connectivity index (χ3v) is 2.72. The highest BCUT2D eigenvalue weighted by Crippen LogP contribution is 2.24. The van der Waals surface area contributed by atoms with E-state index in [1.54, 1.807) is 6.20 Å². The predicted octanol–water partition coefficient (Wildman–Crippen LogP) is 3.19. The Labute approximate surface area is 102 Å². The minimum absolute atomic E-state index is 0.791. The van der Waals surface area contributed by atoms with Crippen molar-refractivity contribution in [1.29, 1.82) is 0 Å². The van der Waals surface area contributed by atoms with Crippen LogP contribution in [0.2, 0.25) is 0 Å². The fraction of sp³-hybridized carbons (Fsp3) is 0.286. The molecule has 2 rings (SSSR count). The van der Waals surface area contributed by atoms with Crippen LogP contribution in [0.3, 0.4) is 0 Å². The van der Waals surface area contributed by atoms with Gasteiger partial charge < -0.3 is 5.32 Å². The summed E-state index contributed by atoms with van der Waals surface area (Å²) in [5.41, 5.74) is 3.55. The van der Waals surface area contributed by atoms with Crippen LogP contribution in [0.25, 0.3) is 11.4 Å². The Morgan fingerprint density at radius 3 is 2.47 bits per heavy atom. The zero-order valence-corrected chi connectivity index (χ0v) is 10.5. The molecule has 1 aromatic carbocycles. The number of aromatic nitrogens is 2. The van der Waals surface area contributed by atoms with Crippen molar-refractivity contribution in [3.8, 4) is 11.4 Å². The molecule has 0 saturated heterocycles. The topological polar surface area (TPSA) is 37.8 Å². The maximum absolute atomic E-state index is 4.53. The quantitative estimate of drug-likeness (QED) is 0.875. The molecular weight excluding hydrogens is 210 g/mol. The molecule has 0 bridgehead atoms. The Morgan fingerprint density at radius 1 is 1.12 bits per heavy atom. The van der Waals surface area contributed by atoms with Crippen LogP contribution in [0.5, 0.6) is 0 Å². The molecule has 0 saturated carbocycles. The molecule has 88 valence electrons. The molecule has 0 atom stereocenters. The number of hydrogen-bond acceptors (Lipinski definition) is 3. The zero-order chi connectivity index (χ0) is 12.3. The number of benzene rings is 1. The van der Waals surface area contributed by atoms with Crippen molar-refractivity contribution in [3.05, 3.63) is 41.6 Å². The molecule has 0 spiro atoms. The van der Waals surface area contributed by atoms with Gasteiger partial charge in [0.1, 0.15) is 5.82 Å². The molecule has 3 heteroatoms. The first kappa shape index (κ1) is 11.6. The van der Waals surface area contributed by atoms with Gasteiger partial charge in [0.25, 0.3) is 0 Å². The Bertz CT molecular complexity index is 500. The van der Waals surface area contributed by atoms with Crippen LogP contribution in [-0.2, 0) is 0 Å². The van der Waals surface area contributed by atoms with Gasteiger partial charge in [0, 0.05) is 18.3 Å². The van der Waals surface area contributed by atoms with Gasteiger partial charge in [0.2, 0.25) is 0 Å². The van der Waals surface area contributed by atoms with Crippen LogP contribution in [-0.4, -0.2) is 16.5 Å². The highest BCUT2D eigenvalue weighted by molar-refractivity contribution is 5.65. The third-order valence-electron chi connectivity index (χ3n) is 2.72. The largest absolute Gasteiger partial charge is 0.370 e. The van der Waals surface area contributed by atoms with Gasteiger partial charge in [-0.2, -0.15) is 0 Å². The number of aryl methyl sites for hydroxylation is 2. The fourth-order valence-electron chi connectivity index (χ4n) is 1.93. The summed E-state index contributed by atoms with van der Waals surface area (Å²) in [6.07, 6.45) is 1.80. The normalized spacial score (nSPS) is 10.3. The number of nitrogens with zero attached hydrogens (tertiary/aromatic N) is 2. The van der Waals surface area contributed by atoms with E-state index in [0.29, 0.717) is 0 Å². The first-order valence-corrected chi connectivity index (χ1v) is 5.86. The lowest BCUT2D eigenvalue weighted by atomic mass is 10.0. The van der Waals surface area contributed by atoms with E-state index < -0.39 is 0 Å². The van der Waals surface area contributed by atoms with Crippen molar-refractivity contribution >= 4 is 5.82 Å².